The summed E-state index contributed by atoms with van der Waals surface area (Å²) >= 11 is 6.10. The Hall–Kier alpha value is -1.84. The first kappa shape index (κ1) is 11.3. The lowest BCUT2D eigenvalue weighted by molar-refractivity contribution is 0.521. The van der Waals surface area contributed by atoms with Gasteiger partial charge in [-0.05, 0) is 30.3 Å². The molecule has 18 heavy (non-hydrogen) atoms. The van der Waals surface area contributed by atoms with E-state index in [1.165, 1.54) is 0 Å². The van der Waals surface area contributed by atoms with Crippen molar-refractivity contribution in [1.82, 2.24) is 4.98 Å². The third-order valence-corrected chi connectivity index (χ3v) is 3.17. The Kier molecular flexibility index (Phi) is 2.78. The molecule has 4 heteroatoms. The molecule has 3 aromatic rings. The summed E-state index contributed by atoms with van der Waals surface area (Å²) in [6, 6.07) is 12.7. The second-order valence-electron chi connectivity index (χ2n) is 4.03. The Balaban J connectivity index is 2.07. The molecule has 0 fully saturated rings. The molecule has 0 bridgehead atoms. The van der Waals surface area contributed by atoms with Gasteiger partial charge in [0.1, 0.15) is 17.4 Å². The Morgan fingerprint density at radius 2 is 2.06 bits per heavy atom. The molecule has 2 N–H and O–H groups in total. The second-order valence-corrected chi connectivity index (χ2v) is 4.44. The number of furan rings is 1. The van der Waals surface area contributed by atoms with Gasteiger partial charge in [-0.1, -0.05) is 23.7 Å². The van der Waals surface area contributed by atoms with E-state index >= 15 is 0 Å². The van der Waals surface area contributed by atoms with Crippen LogP contribution in [-0.4, -0.2) is 4.98 Å². The monoisotopic (exact) mass is 258 g/mol. The van der Waals surface area contributed by atoms with Crippen LogP contribution in [0.1, 0.15) is 17.5 Å². The van der Waals surface area contributed by atoms with E-state index in [0.717, 1.165) is 16.7 Å². The number of halogens is 1. The van der Waals surface area contributed by atoms with Gasteiger partial charge in [-0.3, -0.25) is 4.98 Å². The summed E-state index contributed by atoms with van der Waals surface area (Å²) in [5.74, 6) is 0.664. The van der Waals surface area contributed by atoms with Crippen molar-refractivity contribution < 1.29 is 4.42 Å². The zero-order valence-corrected chi connectivity index (χ0v) is 10.3. The van der Waals surface area contributed by atoms with Crippen LogP contribution in [0.25, 0.3) is 11.0 Å². The van der Waals surface area contributed by atoms with Crippen molar-refractivity contribution >= 4 is 22.6 Å². The fourth-order valence-corrected chi connectivity index (χ4v) is 2.12. The summed E-state index contributed by atoms with van der Waals surface area (Å²) in [5, 5.41) is 1.54. The largest absolute Gasteiger partial charge is 0.459 e. The molecule has 1 unspecified atom stereocenters. The van der Waals surface area contributed by atoms with Gasteiger partial charge in [-0.2, -0.15) is 0 Å². The van der Waals surface area contributed by atoms with Gasteiger partial charge in [-0.25, -0.2) is 0 Å². The molecule has 0 radical (unpaired) electrons. The molecule has 0 aliphatic heterocycles. The number of pyridine rings is 1. The van der Waals surface area contributed by atoms with E-state index in [1.807, 2.05) is 42.5 Å². The fourth-order valence-electron chi connectivity index (χ4n) is 1.90. The molecule has 0 amide bonds. The van der Waals surface area contributed by atoms with E-state index in [2.05, 4.69) is 4.98 Å². The maximum absolute atomic E-state index is 6.13. The number of rotatable bonds is 2. The van der Waals surface area contributed by atoms with Crippen molar-refractivity contribution in [2.45, 2.75) is 6.04 Å². The van der Waals surface area contributed by atoms with Gasteiger partial charge in [0.05, 0.1) is 10.7 Å². The highest BCUT2D eigenvalue weighted by atomic mass is 35.5. The van der Waals surface area contributed by atoms with Gasteiger partial charge in [-0.15, -0.1) is 0 Å². The van der Waals surface area contributed by atoms with Crippen molar-refractivity contribution in [3.63, 3.8) is 0 Å². The molecule has 0 saturated carbocycles. The van der Waals surface area contributed by atoms with Crippen LogP contribution < -0.4 is 5.73 Å². The molecule has 1 atom stereocenters. The van der Waals surface area contributed by atoms with Gasteiger partial charge in [0, 0.05) is 11.6 Å². The number of hydrogen-bond donors (Lipinski definition) is 1. The van der Waals surface area contributed by atoms with Gasteiger partial charge < -0.3 is 10.2 Å². The van der Waals surface area contributed by atoms with Gasteiger partial charge >= 0.3 is 0 Å². The maximum Gasteiger partial charge on any atom is 0.135 e. The summed E-state index contributed by atoms with van der Waals surface area (Å²) in [7, 11) is 0. The molecule has 1 aromatic carbocycles. The highest BCUT2D eigenvalue weighted by molar-refractivity contribution is 6.35. The van der Waals surface area contributed by atoms with E-state index in [9.17, 15) is 0 Å². The molecule has 3 nitrogen and oxygen atoms in total. The molecule has 0 aliphatic rings. The van der Waals surface area contributed by atoms with Gasteiger partial charge in [0.25, 0.3) is 0 Å². The third kappa shape index (κ3) is 1.88. The smallest absolute Gasteiger partial charge is 0.135 e. The van der Waals surface area contributed by atoms with Crippen LogP contribution in [0, 0.1) is 0 Å². The Labute approximate surface area is 109 Å². The Morgan fingerprint density at radius 1 is 1.17 bits per heavy atom. The first-order valence-electron chi connectivity index (χ1n) is 5.60. The molecule has 0 aliphatic carbocycles. The number of aromatic nitrogens is 1. The lowest BCUT2D eigenvalue weighted by Gasteiger charge is -2.06. The summed E-state index contributed by atoms with van der Waals surface area (Å²) in [6.07, 6.45) is 1.71. The van der Waals surface area contributed by atoms with Gasteiger partial charge in [0.15, 0.2) is 0 Å². The topological polar surface area (TPSA) is 52.0 Å². The van der Waals surface area contributed by atoms with E-state index in [4.69, 9.17) is 21.8 Å². The molecule has 90 valence electrons. The number of hydrogen-bond acceptors (Lipinski definition) is 3. The first-order chi connectivity index (χ1) is 8.75. The zero-order chi connectivity index (χ0) is 12.5. The predicted octanol–water partition coefficient (Wildman–Crippen LogP) is 3.53. The lowest BCUT2D eigenvalue weighted by atomic mass is 10.1. The van der Waals surface area contributed by atoms with E-state index in [-0.39, 0.29) is 6.04 Å². The summed E-state index contributed by atoms with van der Waals surface area (Å²) in [5.41, 5.74) is 7.64. The summed E-state index contributed by atoms with van der Waals surface area (Å²) in [4.78, 5) is 4.23. The quantitative estimate of drug-likeness (QED) is 0.765. The molecule has 3 rings (SSSR count). The maximum atomic E-state index is 6.13. The minimum absolute atomic E-state index is 0.380. The third-order valence-electron chi connectivity index (χ3n) is 2.84. The van der Waals surface area contributed by atoms with Crippen LogP contribution in [0.5, 0.6) is 0 Å². The SMILES string of the molecule is NC(c1ccccn1)c1cc2c(Cl)cccc2o1. The van der Waals surface area contributed by atoms with Crippen LogP contribution in [-0.2, 0) is 0 Å². The normalized spacial score (nSPS) is 12.8. The highest BCUT2D eigenvalue weighted by Gasteiger charge is 2.15. The van der Waals surface area contributed by atoms with E-state index < -0.39 is 0 Å². The molecule has 0 saturated heterocycles. The van der Waals surface area contributed by atoms with Crippen molar-refractivity contribution in [2.24, 2.45) is 5.73 Å². The Bertz CT molecular complexity index is 679. The van der Waals surface area contributed by atoms with Crippen LogP contribution >= 0.6 is 11.6 Å². The number of nitrogens with two attached hydrogens (primary N) is 1. The highest BCUT2D eigenvalue weighted by Crippen LogP contribution is 2.30. The molecule has 2 aromatic heterocycles. The van der Waals surface area contributed by atoms with E-state index in [0.29, 0.717) is 10.8 Å². The van der Waals surface area contributed by atoms with Crippen LogP contribution in [0.4, 0.5) is 0 Å². The molecular weight excluding hydrogens is 248 g/mol. The molecule has 0 spiro atoms. The molecule has 2 heterocycles. The van der Waals surface area contributed by atoms with Crippen molar-refractivity contribution in [3.8, 4) is 0 Å². The van der Waals surface area contributed by atoms with Gasteiger partial charge in [0.2, 0.25) is 0 Å². The summed E-state index contributed by atoms with van der Waals surface area (Å²) < 4.78 is 5.72. The number of nitrogens with zero attached hydrogens (tertiary/aromatic N) is 1. The van der Waals surface area contributed by atoms with Crippen molar-refractivity contribution in [2.75, 3.05) is 0 Å². The van der Waals surface area contributed by atoms with E-state index in [1.54, 1.807) is 6.20 Å². The standard InChI is InChI=1S/C14H11ClN2O/c15-10-4-3-6-12-9(10)8-13(18-12)14(16)11-5-1-2-7-17-11/h1-8,14H,16H2. The number of benzene rings is 1. The minimum atomic E-state index is -0.380. The fraction of sp³-hybridized carbons (Fsp3) is 0.0714. The second kappa shape index (κ2) is 4.44. The predicted molar refractivity (Wildman–Crippen MR) is 71.5 cm³/mol. The number of fused-ring (bicyclic) bond motifs is 1. The average Bonchev–Trinajstić information content (AvgIpc) is 2.84. The van der Waals surface area contributed by atoms with Crippen LogP contribution in [0.15, 0.2) is 53.1 Å². The average molecular weight is 259 g/mol. The van der Waals surface area contributed by atoms with Crippen LogP contribution in [0.2, 0.25) is 5.02 Å². The zero-order valence-electron chi connectivity index (χ0n) is 9.51. The lowest BCUT2D eigenvalue weighted by Crippen LogP contribution is -2.12. The summed E-state index contributed by atoms with van der Waals surface area (Å²) in [6.45, 7) is 0. The van der Waals surface area contributed by atoms with Crippen molar-refractivity contribution in [3.05, 3.63) is 65.1 Å². The molecular formula is C14H11ClN2O. The Morgan fingerprint density at radius 3 is 2.78 bits per heavy atom. The van der Waals surface area contributed by atoms with Crippen LogP contribution in [0.3, 0.4) is 0 Å². The van der Waals surface area contributed by atoms with Crippen molar-refractivity contribution in [1.29, 1.82) is 0 Å². The minimum Gasteiger partial charge on any atom is -0.459 e. The first-order valence-corrected chi connectivity index (χ1v) is 5.98.